The van der Waals surface area contributed by atoms with Crippen molar-refractivity contribution in [2.45, 2.75) is 51.1 Å². The molecule has 4 amide bonds. The average molecular weight is 854 g/mol. The Bertz CT molecular complexity index is 2410. The molecule has 5 heterocycles. The number of halogens is 1. The number of benzene rings is 3. The van der Waals surface area contributed by atoms with Crippen LogP contribution in [-0.2, 0) is 20.6 Å². The molecule has 0 aliphatic carbocycles. The number of ether oxygens (including phenoxy) is 1. The van der Waals surface area contributed by atoms with Crippen LogP contribution < -0.4 is 35.8 Å². The number of amides is 4. The van der Waals surface area contributed by atoms with Gasteiger partial charge < -0.3 is 29.7 Å². The second-order valence-electron chi connectivity index (χ2n) is 15.9. The van der Waals surface area contributed by atoms with E-state index in [1.807, 2.05) is 30.3 Å². The van der Waals surface area contributed by atoms with Gasteiger partial charge in [0, 0.05) is 68.8 Å². The summed E-state index contributed by atoms with van der Waals surface area (Å²) in [6, 6.07) is 16.3. The number of anilines is 6. The van der Waals surface area contributed by atoms with Crippen LogP contribution in [0.2, 0.25) is 5.02 Å². The molecule has 0 radical (unpaired) electrons. The molecule has 4 aromatic rings. The molecule has 60 heavy (non-hydrogen) atoms. The van der Waals surface area contributed by atoms with Crippen molar-refractivity contribution < 1.29 is 28.5 Å². The Labute approximate surface area is 354 Å². The monoisotopic (exact) mass is 853 g/mol. The summed E-state index contributed by atoms with van der Waals surface area (Å²) in [5, 5.41) is 9.89. The summed E-state index contributed by atoms with van der Waals surface area (Å²) in [7, 11) is -0.925. The molecular formula is C43H49ClN9O6P. The molecule has 17 heteroatoms. The van der Waals surface area contributed by atoms with E-state index in [1.54, 1.807) is 32.6 Å². The Kier molecular flexibility index (Phi) is 11.6. The molecule has 4 aliphatic rings. The predicted octanol–water partition coefficient (Wildman–Crippen LogP) is 5.63. The molecule has 8 rings (SSSR count). The van der Waals surface area contributed by atoms with Crippen LogP contribution in [0, 0.1) is 0 Å². The first-order valence-corrected chi connectivity index (χ1v) is 23.3. The maximum absolute atomic E-state index is 13.7. The number of aryl methyl sites for hydroxylation is 1. The minimum atomic E-state index is -2.57. The number of hydrogen-bond acceptors (Lipinski definition) is 13. The van der Waals surface area contributed by atoms with Gasteiger partial charge in [0.15, 0.2) is 5.82 Å². The van der Waals surface area contributed by atoms with E-state index in [0.717, 1.165) is 67.3 Å². The zero-order valence-electron chi connectivity index (χ0n) is 34.2. The molecule has 0 bridgehead atoms. The smallest absolute Gasteiger partial charge is 0.264 e. The van der Waals surface area contributed by atoms with Crippen LogP contribution in [0.5, 0.6) is 5.75 Å². The Hall–Kier alpha value is -5.50. The van der Waals surface area contributed by atoms with Gasteiger partial charge in [-0.1, -0.05) is 36.7 Å². The Morgan fingerprint density at radius 2 is 1.60 bits per heavy atom. The van der Waals surface area contributed by atoms with Crippen molar-refractivity contribution >= 4 is 82.2 Å². The first-order valence-electron chi connectivity index (χ1n) is 20.3. The molecular weight excluding hydrogens is 805 g/mol. The predicted molar refractivity (Wildman–Crippen MR) is 234 cm³/mol. The van der Waals surface area contributed by atoms with Crippen LogP contribution >= 0.6 is 18.7 Å². The Morgan fingerprint density at radius 1 is 0.867 bits per heavy atom. The number of carbonyl (C=O) groups excluding carboxylic acids is 4. The van der Waals surface area contributed by atoms with Gasteiger partial charge in [-0.15, -0.1) is 0 Å². The van der Waals surface area contributed by atoms with Gasteiger partial charge in [0.1, 0.15) is 24.0 Å². The SMILES string of the molecule is CCc1cc(Nc2ncc(Cl)c(Nc3ccccc3P(C)(C)=O)n2)c(OC)cc1N1CCC(N2CCN(c3cccc4c3C(=O)N(C3CCC(=O)NC3=O)C4=O)CC2)CC1. The first-order chi connectivity index (χ1) is 28.8. The van der Waals surface area contributed by atoms with E-state index in [0.29, 0.717) is 69.5 Å². The van der Waals surface area contributed by atoms with Crippen molar-refractivity contribution in [3.8, 4) is 5.75 Å². The molecule has 314 valence electrons. The van der Waals surface area contributed by atoms with Crippen LogP contribution in [0.15, 0.2) is 60.8 Å². The van der Waals surface area contributed by atoms with E-state index >= 15 is 0 Å². The fourth-order valence-electron chi connectivity index (χ4n) is 8.83. The molecule has 4 aliphatic heterocycles. The zero-order chi connectivity index (χ0) is 42.3. The number of nitrogens with zero attached hydrogens (tertiary/aromatic N) is 6. The van der Waals surface area contributed by atoms with Gasteiger partial charge >= 0.3 is 0 Å². The standard InChI is InChI=1S/C43H49ClN9O6P/c1-5-26-23-31(47-43-45-25-29(44)39(49-43)46-30-10-6-7-12-36(30)60(3,4)58)35(59-2)24-34(26)51-17-15-27(16-18-51)50-19-21-52(22-20-50)32-11-8-9-28-38(32)42(57)53(41(28)56)33-13-14-37(54)48-40(33)55/h6-12,23-25,27,33H,5,13-22H2,1-4H3,(H,48,54,55)(H2,45,46,47,49). The van der Waals surface area contributed by atoms with Crippen LogP contribution in [0.25, 0.3) is 0 Å². The van der Waals surface area contributed by atoms with Gasteiger partial charge in [-0.05, 0) is 74.9 Å². The number of methoxy groups -OCH3 is 1. The van der Waals surface area contributed by atoms with E-state index in [-0.39, 0.29) is 12.8 Å². The maximum Gasteiger partial charge on any atom is 0.264 e. The largest absolute Gasteiger partial charge is 0.494 e. The molecule has 3 fully saturated rings. The highest BCUT2D eigenvalue weighted by Crippen LogP contribution is 2.40. The quantitative estimate of drug-likeness (QED) is 0.126. The fraction of sp³-hybridized carbons (Fsp3) is 0.395. The number of imide groups is 2. The molecule has 3 saturated heterocycles. The minimum Gasteiger partial charge on any atom is -0.494 e. The number of para-hydroxylation sites is 1. The number of fused-ring (bicyclic) bond motifs is 1. The summed E-state index contributed by atoms with van der Waals surface area (Å²) in [5.41, 5.74) is 5.04. The van der Waals surface area contributed by atoms with Crippen LogP contribution in [-0.4, -0.2) is 115 Å². The van der Waals surface area contributed by atoms with E-state index in [4.69, 9.17) is 16.3 Å². The lowest BCUT2D eigenvalue weighted by Gasteiger charge is -2.44. The molecule has 0 saturated carbocycles. The number of rotatable bonds is 11. The third kappa shape index (κ3) is 8.05. The maximum atomic E-state index is 13.7. The van der Waals surface area contributed by atoms with E-state index in [1.165, 1.54) is 6.20 Å². The van der Waals surface area contributed by atoms with Crippen LogP contribution in [0.3, 0.4) is 0 Å². The number of aromatic nitrogens is 2. The fourth-order valence-corrected chi connectivity index (χ4v) is 10.1. The highest BCUT2D eigenvalue weighted by Gasteiger charge is 2.46. The molecule has 1 unspecified atom stereocenters. The van der Waals surface area contributed by atoms with Gasteiger partial charge in [-0.2, -0.15) is 4.98 Å². The third-order valence-electron chi connectivity index (χ3n) is 11.9. The summed E-state index contributed by atoms with van der Waals surface area (Å²) in [4.78, 5) is 68.8. The normalized spacial score (nSPS) is 19.1. The van der Waals surface area contributed by atoms with E-state index in [2.05, 4.69) is 59.7 Å². The summed E-state index contributed by atoms with van der Waals surface area (Å²) in [6.45, 7) is 10.4. The minimum absolute atomic E-state index is 0.0818. The Balaban J connectivity index is 0.905. The number of piperazine rings is 1. The van der Waals surface area contributed by atoms with Gasteiger partial charge in [0.2, 0.25) is 17.8 Å². The highest BCUT2D eigenvalue weighted by atomic mass is 35.5. The second-order valence-corrected chi connectivity index (χ2v) is 19.5. The summed E-state index contributed by atoms with van der Waals surface area (Å²) >= 11 is 6.52. The highest BCUT2D eigenvalue weighted by molar-refractivity contribution is 7.70. The molecule has 3 aromatic carbocycles. The van der Waals surface area contributed by atoms with E-state index in [9.17, 15) is 23.7 Å². The number of nitrogens with one attached hydrogen (secondary N) is 3. The number of hydrogen-bond donors (Lipinski definition) is 3. The lowest BCUT2D eigenvalue weighted by molar-refractivity contribution is -0.136. The lowest BCUT2D eigenvalue weighted by atomic mass is 9.99. The third-order valence-corrected chi connectivity index (χ3v) is 13.8. The Morgan fingerprint density at radius 3 is 2.30 bits per heavy atom. The molecule has 1 aromatic heterocycles. The first kappa shape index (κ1) is 41.2. The van der Waals surface area contributed by atoms with Crippen molar-refractivity contribution in [2.75, 3.05) is 80.1 Å². The number of piperidine rings is 2. The van der Waals surface area contributed by atoms with Crippen molar-refractivity contribution in [3.63, 3.8) is 0 Å². The van der Waals surface area contributed by atoms with Gasteiger partial charge in [0.05, 0.1) is 41.5 Å². The van der Waals surface area contributed by atoms with E-state index < -0.39 is 36.8 Å². The van der Waals surface area contributed by atoms with Crippen molar-refractivity contribution in [2.24, 2.45) is 0 Å². The summed E-state index contributed by atoms with van der Waals surface area (Å²) in [5.74, 6) is -0.604. The molecule has 0 spiro atoms. The van der Waals surface area contributed by atoms with Gasteiger partial charge in [-0.3, -0.25) is 34.3 Å². The van der Waals surface area contributed by atoms with Gasteiger partial charge in [-0.25, -0.2) is 4.98 Å². The van der Waals surface area contributed by atoms with Crippen molar-refractivity contribution in [3.05, 3.63) is 82.5 Å². The van der Waals surface area contributed by atoms with Crippen molar-refractivity contribution in [1.29, 1.82) is 0 Å². The lowest BCUT2D eigenvalue weighted by Crippen LogP contribution is -2.54. The molecule has 3 N–H and O–H groups in total. The molecule has 15 nitrogen and oxygen atoms in total. The topological polar surface area (TPSA) is 169 Å². The second kappa shape index (κ2) is 16.9. The zero-order valence-corrected chi connectivity index (χ0v) is 35.8. The summed E-state index contributed by atoms with van der Waals surface area (Å²) in [6.07, 6.45) is 4.52. The van der Waals surface area contributed by atoms with Crippen molar-refractivity contribution in [1.82, 2.24) is 25.1 Å². The van der Waals surface area contributed by atoms with Crippen LogP contribution in [0.4, 0.5) is 34.5 Å². The summed E-state index contributed by atoms with van der Waals surface area (Å²) < 4.78 is 18.9. The van der Waals surface area contributed by atoms with Gasteiger partial charge in [0.25, 0.3) is 11.8 Å². The number of carbonyl (C=O) groups is 4. The molecule has 1 atom stereocenters. The average Bonchev–Trinajstić information content (AvgIpc) is 3.50. The van der Waals surface area contributed by atoms with Crippen LogP contribution in [0.1, 0.15) is 58.9 Å².